The molecule has 1 aliphatic heterocycles. The van der Waals surface area contributed by atoms with E-state index in [1.54, 1.807) is 0 Å². The normalized spacial score (nSPS) is 14.7. The Kier molecular flexibility index (Phi) is 4.08. The van der Waals surface area contributed by atoms with Gasteiger partial charge in [-0.15, -0.1) is 12.4 Å². The number of hydrogen-bond donors (Lipinski definition) is 1. The zero-order valence-corrected chi connectivity index (χ0v) is 11.3. The molecule has 100 valence electrons. The molecule has 1 heterocycles. The Morgan fingerprint density at radius 3 is 2.79 bits per heavy atom. The summed E-state index contributed by atoms with van der Waals surface area (Å²) in [5.74, 6) is -0.751. The molecular formula is C15H16ClNO2. The molecule has 2 aromatic rings. The van der Waals surface area contributed by atoms with Crippen molar-refractivity contribution < 1.29 is 9.90 Å². The van der Waals surface area contributed by atoms with Crippen LogP contribution in [-0.2, 0) is 17.8 Å². The molecule has 0 radical (unpaired) electrons. The molecule has 2 aromatic carbocycles. The van der Waals surface area contributed by atoms with Crippen molar-refractivity contribution in [3.05, 3.63) is 47.5 Å². The number of nitrogens with zero attached hydrogens (tertiary/aromatic N) is 1. The van der Waals surface area contributed by atoms with Crippen LogP contribution in [0.1, 0.15) is 11.1 Å². The average Bonchev–Trinajstić information content (AvgIpc) is 2.37. The molecule has 0 saturated heterocycles. The molecule has 0 aliphatic carbocycles. The molecule has 1 N–H and O–H groups in total. The fourth-order valence-corrected chi connectivity index (χ4v) is 2.74. The van der Waals surface area contributed by atoms with Crippen LogP contribution in [0, 0.1) is 0 Å². The lowest BCUT2D eigenvalue weighted by molar-refractivity contribution is -0.138. The fraction of sp³-hybridized carbons (Fsp3) is 0.267. The fourth-order valence-electron chi connectivity index (χ4n) is 2.74. The Labute approximate surface area is 118 Å². The van der Waals surface area contributed by atoms with E-state index in [4.69, 9.17) is 5.11 Å². The Bertz CT molecular complexity index is 612. The van der Waals surface area contributed by atoms with Gasteiger partial charge in [0.15, 0.2) is 0 Å². The van der Waals surface area contributed by atoms with Gasteiger partial charge in [-0.25, -0.2) is 0 Å². The van der Waals surface area contributed by atoms with Crippen molar-refractivity contribution in [1.29, 1.82) is 0 Å². The second-order valence-corrected chi connectivity index (χ2v) is 4.78. The number of hydrogen-bond acceptors (Lipinski definition) is 2. The molecule has 0 aromatic heterocycles. The van der Waals surface area contributed by atoms with Crippen molar-refractivity contribution in [3.63, 3.8) is 0 Å². The number of rotatable bonds is 2. The van der Waals surface area contributed by atoms with Gasteiger partial charge in [0.05, 0.1) is 6.54 Å². The summed E-state index contributed by atoms with van der Waals surface area (Å²) in [6.45, 7) is 1.70. The first kappa shape index (κ1) is 13.8. The van der Waals surface area contributed by atoms with Gasteiger partial charge < -0.3 is 5.11 Å². The first-order valence-corrected chi connectivity index (χ1v) is 6.18. The number of carbonyl (C=O) groups is 1. The van der Waals surface area contributed by atoms with Gasteiger partial charge in [-0.2, -0.15) is 0 Å². The highest BCUT2D eigenvalue weighted by molar-refractivity contribution is 5.87. The highest BCUT2D eigenvalue weighted by atomic mass is 35.5. The molecule has 19 heavy (non-hydrogen) atoms. The summed E-state index contributed by atoms with van der Waals surface area (Å²) in [5, 5.41) is 11.4. The molecule has 0 amide bonds. The third-order valence-corrected chi connectivity index (χ3v) is 3.57. The van der Waals surface area contributed by atoms with Crippen LogP contribution in [-0.4, -0.2) is 29.1 Å². The minimum absolute atomic E-state index is 0. The van der Waals surface area contributed by atoms with Gasteiger partial charge in [0, 0.05) is 13.1 Å². The third-order valence-electron chi connectivity index (χ3n) is 3.57. The van der Waals surface area contributed by atoms with Gasteiger partial charge in [-0.3, -0.25) is 9.69 Å². The molecule has 1 aliphatic rings. The third kappa shape index (κ3) is 2.72. The van der Waals surface area contributed by atoms with Gasteiger partial charge in [0.25, 0.3) is 0 Å². The van der Waals surface area contributed by atoms with Crippen LogP contribution in [0.2, 0.25) is 0 Å². The highest BCUT2D eigenvalue weighted by Crippen LogP contribution is 2.27. The molecular weight excluding hydrogens is 262 g/mol. The summed E-state index contributed by atoms with van der Waals surface area (Å²) in [5.41, 5.74) is 2.65. The number of benzene rings is 2. The Morgan fingerprint density at radius 1 is 1.21 bits per heavy atom. The molecule has 0 unspecified atom stereocenters. The summed E-state index contributed by atoms with van der Waals surface area (Å²) >= 11 is 0. The minimum Gasteiger partial charge on any atom is -0.480 e. The highest BCUT2D eigenvalue weighted by Gasteiger charge is 2.19. The van der Waals surface area contributed by atoms with E-state index in [0.717, 1.165) is 19.5 Å². The predicted octanol–water partition coefficient (Wildman–Crippen LogP) is 2.70. The predicted molar refractivity (Wildman–Crippen MR) is 77.8 cm³/mol. The van der Waals surface area contributed by atoms with Crippen molar-refractivity contribution >= 4 is 29.1 Å². The largest absolute Gasteiger partial charge is 0.480 e. The quantitative estimate of drug-likeness (QED) is 0.918. The van der Waals surface area contributed by atoms with Crippen LogP contribution in [0.4, 0.5) is 0 Å². The van der Waals surface area contributed by atoms with Crippen molar-refractivity contribution in [2.24, 2.45) is 0 Å². The van der Waals surface area contributed by atoms with E-state index in [1.165, 1.54) is 21.9 Å². The monoisotopic (exact) mass is 277 g/mol. The number of halogens is 1. The van der Waals surface area contributed by atoms with E-state index in [0.29, 0.717) is 0 Å². The first-order valence-electron chi connectivity index (χ1n) is 6.18. The first-order chi connectivity index (χ1) is 8.74. The summed E-state index contributed by atoms with van der Waals surface area (Å²) in [7, 11) is 0. The molecule has 0 fully saturated rings. The molecule has 0 saturated carbocycles. The molecule has 0 atom stereocenters. The van der Waals surface area contributed by atoms with Crippen LogP contribution in [0.5, 0.6) is 0 Å². The number of carboxylic acids is 1. The van der Waals surface area contributed by atoms with Crippen LogP contribution in [0.3, 0.4) is 0 Å². The topological polar surface area (TPSA) is 40.5 Å². The van der Waals surface area contributed by atoms with Gasteiger partial charge in [-0.05, 0) is 28.3 Å². The van der Waals surface area contributed by atoms with Crippen LogP contribution < -0.4 is 0 Å². The Morgan fingerprint density at radius 2 is 2.00 bits per heavy atom. The summed E-state index contributed by atoms with van der Waals surface area (Å²) in [6.07, 6.45) is 0.934. The summed E-state index contributed by atoms with van der Waals surface area (Å²) in [6, 6.07) is 12.6. The van der Waals surface area contributed by atoms with Gasteiger partial charge in [-0.1, -0.05) is 36.4 Å². The Hall–Kier alpha value is -1.58. The molecule has 3 nitrogen and oxygen atoms in total. The second kappa shape index (κ2) is 5.59. The molecule has 0 spiro atoms. The van der Waals surface area contributed by atoms with E-state index in [1.807, 2.05) is 11.0 Å². The maximum absolute atomic E-state index is 10.8. The van der Waals surface area contributed by atoms with E-state index in [9.17, 15) is 4.79 Å². The maximum Gasteiger partial charge on any atom is 0.317 e. The van der Waals surface area contributed by atoms with Crippen molar-refractivity contribution in [2.75, 3.05) is 13.1 Å². The average molecular weight is 278 g/mol. The lowest BCUT2D eigenvalue weighted by atomic mass is 9.93. The van der Waals surface area contributed by atoms with Crippen LogP contribution in [0.25, 0.3) is 10.8 Å². The van der Waals surface area contributed by atoms with Crippen molar-refractivity contribution in [2.45, 2.75) is 13.0 Å². The van der Waals surface area contributed by atoms with Crippen LogP contribution >= 0.6 is 12.4 Å². The smallest absolute Gasteiger partial charge is 0.317 e. The number of fused-ring (bicyclic) bond motifs is 3. The molecule has 4 heteroatoms. The molecule has 0 bridgehead atoms. The lowest BCUT2D eigenvalue weighted by Crippen LogP contribution is -2.34. The zero-order chi connectivity index (χ0) is 12.5. The number of aliphatic carboxylic acids is 1. The van der Waals surface area contributed by atoms with Gasteiger partial charge in [0.2, 0.25) is 0 Å². The standard InChI is InChI=1S/C15H15NO2.ClH/c17-15(18)10-16-8-7-14-12(9-16)6-5-11-3-1-2-4-13(11)14;/h1-6H,7-10H2,(H,17,18);1H. The molecule has 3 rings (SSSR count). The van der Waals surface area contributed by atoms with Crippen LogP contribution in [0.15, 0.2) is 36.4 Å². The van der Waals surface area contributed by atoms with Crippen molar-refractivity contribution in [1.82, 2.24) is 4.90 Å². The number of carboxylic acid groups (broad SMARTS) is 1. The SMILES string of the molecule is Cl.O=C(O)CN1CCc2c(ccc3ccccc23)C1. The summed E-state index contributed by atoms with van der Waals surface area (Å²) in [4.78, 5) is 12.7. The maximum atomic E-state index is 10.8. The summed E-state index contributed by atoms with van der Waals surface area (Å²) < 4.78 is 0. The van der Waals surface area contributed by atoms with E-state index in [-0.39, 0.29) is 19.0 Å². The zero-order valence-electron chi connectivity index (χ0n) is 10.5. The minimum atomic E-state index is -0.751. The van der Waals surface area contributed by atoms with Gasteiger partial charge >= 0.3 is 5.97 Å². The van der Waals surface area contributed by atoms with E-state index in [2.05, 4.69) is 30.3 Å². The van der Waals surface area contributed by atoms with Gasteiger partial charge in [0.1, 0.15) is 0 Å². The Balaban J connectivity index is 0.00000133. The van der Waals surface area contributed by atoms with E-state index < -0.39 is 5.97 Å². The van der Waals surface area contributed by atoms with E-state index >= 15 is 0 Å². The lowest BCUT2D eigenvalue weighted by Gasteiger charge is -2.28. The van der Waals surface area contributed by atoms with Crippen molar-refractivity contribution in [3.8, 4) is 0 Å². The second-order valence-electron chi connectivity index (χ2n) is 4.78.